The molecule has 0 aliphatic heterocycles. The summed E-state index contributed by atoms with van der Waals surface area (Å²) in [6, 6.07) is 0. The lowest BCUT2D eigenvalue weighted by Crippen LogP contribution is -2.27. The van der Waals surface area contributed by atoms with Gasteiger partial charge in [0, 0.05) is 0 Å². The van der Waals surface area contributed by atoms with E-state index in [2.05, 4.69) is 23.3 Å². The number of hydrogen-bond acceptors (Lipinski definition) is 3. The van der Waals surface area contributed by atoms with Gasteiger partial charge >= 0.3 is 7.82 Å². The molecule has 290 valence electrons. The lowest BCUT2D eigenvalue weighted by atomic mass is 10.0. The molecule has 0 rings (SSSR count). The minimum absolute atomic E-state index is 0.167. The molecule has 0 aliphatic rings. The molecule has 0 heterocycles. The summed E-state index contributed by atoms with van der Waals surface area (Å²) in [5.74, 6) is 0. The van der Waals surface area contributed by atoms with Gasteiger partial charge in [0.1, 0.15) is 0 Å². The van der Waals surface area contributed by atoms with Crippen molar-refractivity contribution in [2.24, 2.45) is 0 Å². The lowest BCUT2D eigenvalue weighted by molar-refractivity contribution is 0.193. The molecule has 0 aromatic heterocycles. The summed E-state index contributed by atoms with van der Waals surface area (Å²) in [5, 5.41) is 0. The van der Waals surface area contributed by atoms with Crippen molar-refractivity contribution in [3.05, 3.63) is 0 Å². The van der Waals surface area contributed by atoms with Crippen LogP contribution in [-0.4, -0.2) is 40.9 Å². The van der Waals surface area contributed by atoms with E-state index in [1.165, 1.54) is 232 Å². The highest BCUT2D eigenvalue weighted by Gasteiger charge is 2.12. The molecule has 0 radical (unpaired) electrons. The number of phosphoric ester groups is 1. The first-order chi connectivity index (χ1) is 23.5. The van der Waals surface area contributed by atoms with E-state index in [-0.39, 0.29) is 6.61 Å². The Morgan fingerprint density at radius 2 is 0.562 bits per heavy atom. The summed E-state index contributed by atoms with van der Waals surface area (Å²) in [6.45, 7) is 8.74. The first-order valence-electron chi connectivity index (χ1n) is 21.9. The summed E-state index contributed by atoms with van der Waals surface area (Å²) >= 11 is 0. The molecule has 0 aromatic rings. The van der Waals surface area contributed by atoms with E-state index in [4.69, 9.17) is 9.79 Å². The Hall–Kier alpha value is 0.0700. The van der Waals surface area contributed by atoms with E-state index in [1.807, 2.05) is 0 Å². The quantitative estimate of drug-likeness (QED) is 0.0490. The van der Waals surface area contributed by atoms with Gasteiger partial charge < -0.3 is 14.7 Å². The van der Waals surface area contributed by atoms with Gasteiger partial charge in [0.05, 0.1) is 6.61 Å². The molecular formula is C42H88NO4P. The zero-order valence-corrected chi connectivity index (χ0v) is 33.8. The van der Waals surface area contributed by atoms with Crippen molar-refractivity contribution in [1.82, 2.24) is 4.90 Å². The van der Waals surface area contributed by atoms with Crippen LogP contribution in [0.3, 0.4) is 0 Å². The van der Waals surface area contributed by atoms with E-state index in [0.717, 1.165) is 19.3 Å². The minimum Gasteiger partial charge on any atom is -0.303 e. The molecule has 0 saturated heterocycles. The monoisotopic (exact) mass is 702 g/mol. The Balaban J connectivity index is 3.92. The normalized spacial score (nSPS) is 12.1. The molecule has 0 bridgehead atoms. The highest BCUT2D eigenvalue weighted by atomic mass is 31.2. The largest absolute Gasteiger partial charge is 0.469 e. The van der Waals surface area contributed by atoms with Crippen LogP contribution in [0.5, 0.6) is 0 Å². The van der Waals surface area contributed by atoms with E-state index in [1.54, 1.807) is 0 Å². The van der Waals surface area contributed by atoms with Crippen molar-refractivity contribution in [1.29, 1.82) is 0 Å². The third-order valence-electron chi connectivity index (χ3n) is 10.3. The van der Waals surface area contributed by atoms with Gasteiger partial charge in [-0.3, -0.25) is 4.52 Å². The zero-order chi connectivity index (χ0) is 35.1. The Morgan fingerprint density at radius 3 is 0.792 bits per heavy atom. The van der Waals surface area contributed by atoms with Crippen LogP contribution in [0.4, 0.5) is 0 Å². The van der Waals surface area contributed by atoms with Gasteiger partial charge in [-0.1, -0.05) is 219 Å². The number of nitrogens with zero attached hydrogens (tertiary/aromatic N) is 1. The number of rotatable bonds is 42. The maximum Gasteiger partial charge on any atom is 0.469 e. The molecule has 0 unspecified atom stereocenters. The second-order valence-electron chi connectivity index (χ2n) is 15.2. The molecule has 5 nitrogen and oxygen atoms in total. The fraction of sp³-hybridized carbons (Fsp3) is 1.00. The predicted molar refractivity (Wildman–Crippen MR) is 212 cm³/mol. The van der Waals surface area contributed by atoms with Gasteiger partial charge in [-0.15, -0.1) is 0 Å². The lowest BCUT2D eigenvalue weighted by Gasteiger charge is -2.22. The van der Waals surface area contributed by atoms with Crippen LogP contribution in [0.15, 0.2) is 0 Å². The van der Waals surface area contributed by atoms with Crippen molar-refractivity contribution in [2.75, 3.05) is 26.2 Å². The Kier molecular flexibility index (Phi) is 39.9. The summed E-state index contributed by atoms with van der Waals surface area (Å²) in [7, 11) is -4.29. The molecule has 0 aromatic carbocycles. The Morgan fingerprint density at radius 1 is 0.354 bits per heavy atom. The fourth-order valence-electron chi connectivity index (χ4n) is 7.08. The average molecular weight is 702 g/mol. The summed E-state index contributed by atoms with van der Waals surface area (Å²) < 4.78 is 15.2. The molecule has 0 atom stereocenters. The zero-order valence-electron chi connectivity index (χ0n) is 32.9. The van der Waals surface area contributed by atoms with Gasteiger partial charge in [-0.05, 0) is 45.3 Å². The molecule has 0 amide bonds. The maximum absolute atomic E-state index is 10.7. The van der Waals surface area contributed by atoms with E-state index in [9.17, 15) is 4.57 Å². The van der Waals surface area contributed by atoms with E-state index in [0.29, 0.717) is 0 Å². The first-order valence-corrected chi connectivity index (χ1v) is 23.4. The summed E-state index contributed by atoms with van der Waals surface area (Å²) in [4.78, 5) is 20.2. The van der Waals surface area contributed by atoms with Crippen molar-refractivity contribution < 1.29 is 18.9 Å². The van der Waals surface area contributed by atoms with Crippen molar-refractivity contribution in [3.63, 3.8) is 0 Å². The predicted octanol–water partition coefficient (Wildman–Crippen LogP) is 14.5. The highest BCUT2D eigenvalue weighted by molar-refractivity contribution is 7.46. The standard InChI is InChI=1S/C42H88NO4P/c1-3-5-7-9-11-13-15-19-23-27-31-35-39-43(40-36-32-28-24-20-16-14-12-10-8-6-4-2)41-37-33-29-25-21-17-18-22-26-30-34-38-42-47-48(44,45)46/h3-42H2,1-2H3,(H2,44,45,46). The van der Waals surface area contributed by atoms with Crippen LogP contribution in [0.25, 0.3) is 0 Å². The minimum atomic E-state index is -4.29. The second kappa shape index (κ2) is 39.8. The van der Waals surface area contributed by atoms with Crippen LogP contribution in [0, 0.1) is 0 Å². The average Bonchev–Trinajstić information content (AvgIpc) is 3.06. The van der Waals surface area contributed by atoms with Gasteiger partial charge in [0.25, 0.3) is 0 Å². The maximum atomic E-state index is 10.7. The van der Waals surface area contributed by atoms with Crippen LogP contribution >= 0.6 is 7.82 Å². The smallest absolute Gasteiger partial charge is 0.303 e. The molecule has 0 saturated carbocycles. The van der Waals surface area contributed by atoms with E-state index >= 15 is 0 Å². The Labute approximate surface area is 302 Å². The number of hydrogen-bond donors (Lipinski definition) is 2. The molecule has 0 aliphatic carbocycles. The molecule has 6 heteroatoms. The van der Waals surface area contributed by atoms with Crippen LogP contribution in [-0.2, 0) is 9.09 Å². The summed E-state index contributed by atoms with van der Waals surface area (Å²) in [5.41, 5.74) is 0. The van der Waals surface area contributed by atoms with Crippen molar-refractivity contribution >= 4 is 7.82 Å². The van der Waals surface area contributed by atoms with Gasteiger partial charge in [-0.2, -0.15) is 0 Å². The fourth-order valence-corrected chi connectivity index (χ4v) is 7.44. The number of phosphoric acid groups is 1. The topological polar surface area (TPSA) is 70.0 Å². The first kappa shape index (κ1) is 48.1. The number of unbranched alkanes of at least 4 members (excludes halogenated alkanes) is 33. The third kappa shape index (κ3) is 42.2. The molecule has 0 spiro atoms. The SMILES string of the molecule is CCCCCCCCCCCCCCN(CCCCCCCCCCCCCC)CCCCCCCCCCCCCCOP(=O)(O)O. The molecule has 0 fully saturated rings. The van der Waals surface area contributed by atoms with Gasteiger partial charge in [-0.25, -0.2) is 4.57 Å². The van der Waals surface area contributed by atoms with Crippen molar-refractivity contribution in [2.45, 2.75) is 245 Å². The summed E-state index contributed by atoms with van der Waals surface area (Å²) in [6.07, 6.45) is 49.4. The van der Waals surface area contributed by atoms with Crippen LogP contribution < -0.4 is 0 Å². The van der Waals surface area contributed by atoms with E-state index < -0.39 is 7.82 Å². The van der Waals surface area contributed by atoms with Gasteiger partial charge in [0.2, 0.25) is 0 Å². The van der Waals surface area contributed by atoms with Crippen LogP contribution in [0.1, 0.15) is 245 Å². The van der Waals surface area contributed by atoms with Crippen LogP contribution in [0.2, 0.25) is 0 Å². The Bertz CT molecular complexity index is 615. The highest BCUT2D eigenvalue weighted by Crippen LogP contribution is 2.35. The van der Waals surface area contributed by atoms with Crippen molar-refractivity contribution in [3.8, 4) is 0 Å². The third-order valence-corrected chi connectivity index (χ3v) is 10.8. The molecule has 48 heavy (non-hydrogen) atoms. The second-order valence-corrected chi connectivity index (χ2v) is 16.4. The molecule has 2 N–H and O–H groups in total. The molecular weight excluding hydrogens is 613 g/mol. The van der Waals surface area contributed by atoms with Gasteiger partial charge in [0.15, 0.2) is 0 Å².